The monoisotopic (exact) mass is 304 g/mol. The normalized spacial score (nSPS) is 51.3. The Kier molecular flexibility index (Phi) is 3.69. The van der Waals surface area contributed by atoms with E-state index in [2.05, 4.69) is 13.8 Å². The fourth-order valence-electron chi connectivity index (χ4n) is 6.78. The minimum absolute atomic E-state index is 0.0699. The minimum atomic E-state index is -0.0880. The number of rotatable bonds is 1. The van der Waals surface area contributed by atoms with Crippen molar-refractivity contribution in [1.29, 1.82) is 0 Å². The van der Waals surface area contributed by atoms with E-state index in [1.165, 1.54) is 32.1 Å². The smallest absolute Gasteiger partial charge is 0.0596 e. The number of fused-ring (bicyclic) bond motifs is 4. The van der Waals surface area contributed by atoms with Crippen LogP contribution in [-0.2, 0) is 0 Å². The maximum atomic E-state index is 10.6. The molecule has 0 amide bonds. The van der Waals surface area contributed by atoms with E-state index in [0.717, 1.165) is 49.4 Å². The topological polar surface area (TPSA) is 40.5 Å². The Bertz CT molecular complexity index is 482. The van der Waals surface area contributed by atoms with Gasteiger partial charge in [-0.25, -0.2) is 0 Å². The van der Waals surface area contributed by atoms with E-state index >= 15 is 0 Å². The van der Waals surface area contributed by atoms with Gasteiger partial charge in [0, 0.05) is 0 Å². The molecule has 0 aromatic heterocycles. The molecule has 0 unspecified atom stereocenters. The lowest BCUT2D eigenvalue weighted by Crippen LogP contribution is -2.48. The third kappa shape index (κ3) is 2.06. The lowest BCUT2D eigenvalue weighted by Gasteiger charge is -2.54. The van der Waals surface area contributed by atoms with Crippen LogP contribution in [0.25, 0.3) is 0 Å². The van der Waals surface area contributed by atoms with Crippen molar-refractivity contribution in [3.63, 3.8) is 0 Å². The number of aliphatic hydroxyl groups is 2. The Morgan fingerprint density at radius 3 is 2.68 bits per heavy atom. The van der Waals surface area contributed by atoms with Crippen LogP contribution in [0, 0.1) is 29.1 Å². The molecular formula is C20H32O2. The molecule has 2 nitrogen and oxygen atoms in total. The van der Waals surface area contributed by atoms with E-state index in [9.17, 15) is 10.2 Å². The molecule has 2 N–H and O–H groups in total. The molecule has 4 aliphatic rings. The Morgan fingerprint density at radius 2 is 1.91 bits per heavy atom. The summed E-state index contributed by atoms with van der Waals surface area (Å²) in [5.41, 5.74) is 3.54. The highest BCUT2D eigenvalue weighted by molar-refractivity contribution is 5.28. The summed E-state index contributed by atoms with van der Waals surface area (Å²) in [6.07, 6.45) is 10.1. The van der Waals surface area contributed by atoms with Crippen molar-refractivity contribution < 1.29 is 10.2 Å². The van der Waals surface area contributed by atoms with Gasteiger partial charge in [-0.3, -0.25) is 0 Å². The van der Waals surface area contributed by atoms with Crippen LogP contribution in [-0.4, -0.2) is 22.4 Å². The van der Waals surface area contributed by atoms with E-state index in [0.29, 0.717) is 0 Å². The summed E-state index contributed by atoms with van der Waals surface area (Å²) in [4.78, 5) is 0. The van der Waals surface area contributed by atoms with Crippen molar-refractivity contribution >= 4 is 0 Å². The molecule has 4 aliphatic carbocycles. The Morgan fingerprint density at radius 1 is 1.09 bits per heavy atom. The van der Waals surface area contributed by atoms with Gasteiger partial charge in [0.15, 0.2) is 0 Å². The lowest BCUT2D eigenvalue weighted by atomic mass is 9.51. The predicted molar refractivity (Wildman–Crippen MR) is 88.3 cm³/mol. The highest BCUT2D eigenvalue weighted by Gasteiger charge is 2.56. The van der Waals surface area contributed by atoms with Gasteiger partial charge in [-0.15, -0.1) is 0 Å². The molecule has 2 fully saturated rings. The zero-order chi connectivity index (χ0) is 15.5. The molecule has 0 radical (unpaired) electrons. The van der Waals surface area contributed by atoms with E-state index in [-0.39, 0.29) is 17.6 Å². The maximum Gasteiger partial charge on any atom is 0.0596 e. The van der Waals surface area contributed by atoms with Crippen LogP contribution in [0.2, 0.25) is 0 Å². The van der Waals surface area contributed by atoms with Crippen LogP contribution in [0.1, 0.15) is 71.6 Å². The van der Waals surface area contributed by atoms with Crippen LogP contribution in [0.3, 0.4) is 0 Å². The minimum Gasteiger partial charge on any atom is -0.393 e. The first-order valence-electron chi connectivity index (χ1n) is 9.61. The van der Waals surface area contributed by atoms with Crippen LogP contribution in [0.15, 0.2) is 11.1 Å². The molecule has 0 bridgehead atoms. The van der Waals surface area contributed by atoms with E-state index < -0.39 is 0 Å². The Hall–Kier alpha value is -0.340. The predicted octanol–water partition coefficient (Wildman–Crippen LogP) is 4.06. The second kappa shape index (κ2) is 5.34. The van der Waals surface area contributed by atoms with Gasteiger partial charge in [-0.05, 0) is 80.5 Å². The molecule has 0 spiro atoms. The van der Waals surface area contributed by atoms with Gasteiger partial charge >= 0.3 is 0 Å². The van der Waals surface area contributed by atoms with Crippen molar-refractivity contribution in [1.82, 2.24) is 0 Å². The number of allylic oxidation sites excluding steroid dienone is 1. The van der Waals surface area contributed by atoms with Gasteiger partial charge in [0.25, 0.3) is 0 Å². The first-order chi connectivity index (χ1) is 10.5. The van der Waals surface area contributed by atoms with Crippen molar-refractivity contribution in [2.24, 2.45) is 29.1 Å². The molecule has 0 aromatic carbocycles. The molecule has 4 rings (SSSR count). The Labute approximate surface area is 135 Å². The van der Waals surface area contributed by atoms with Crippen molar-refractivity contribution in [3.05, 3.63) is 11.1 Å². The molecular weight excluding hydrogens is 272 g/mol. The molecule has 0 aliphatic heterocycles. The molecule has 0 saturated heterocycles. The van der Waals surface area contributed by atoms with Crippen molar-refractivity contribution in [2.45, 2.75) is 83.8 Å². The molecule has 2 heteroatoms. The number of aliphatic hydroxyl groups excluding tert-OH is 2. The third-order valence-corrected chi connectivity index (χ3v) is 7.99. The molecule has 2 saturated carbocycles. The number of hydrogen-bond acceptors (Lipinski definition) is 2. The fourth-order valence-corrected chi connectivity index (χ4v) is 6.78. The third-order valence-electron chi connectivity index (χ3n) is 7.99. The standard InChI is InChI=1S/C20H32O2/c1-3-12-10-13-11-14(21)4-5-15(13)16-8-9-20(2)17(19(12)16)6-7-18(20)22/h12,14,16-19,21-22H,3-11H2,1-2H3/t12-,14+,16-,17+,18+,19-,20+/m1/s1. The van der Waals surface area contributed by atoms with E-state index in [4.69, 9.17) is 0 Å². The summed E-state index contributed by atoms with van der Waals surface area (Å²) in [6, 6.07) is 0. The van der Waals surface area contributed by atoms with Crippen LogP contribution in [0.4, 0.5) is 0 Å². The second-order valence-electron chi connectivity index (χ2n) is 8.83. The van der Waals surface area contributed by atoms with Gasteiger partial charge in [0.1, 0.15) is 0 Å². The van der Waals surface area contributed by atoms with Gasteiger partial charge < -0.3 is 10.2 Å². The van der Waals surface area contributed by atoms with Gasteiger partial charge in [-0.1, -0.05) is 31.4 Å². The van der Waals surface area contributed by atoms with Crippen molar-refractivity contribution in [3.8, 4) is 0 Å². The Balaban J connectivity index is 1.70. The first kappa shape index (κ1) is 15.2. The fraction of sp³-hybridized carbons (Fsp3) is 0.900. The second-order valence-corrected chi connectivity index (χ2v) is 8.83. The average Bonchev–Trinajstić information content (AvgIpc) is 2.81. The highest BCUT2D eigenvalue weighted by atomic mass is 16.3. The highest BCUT2D eigenvalue weighted by Crippen LogP contribution is 2.62. The summed E-state index contributed by atoms with van der Waals surface area (Å²) in [7, 11) is 0. The maximum absolute atomic E-state index is 10.6. The van der Waals surface area contributed by atoms with E-state index in [1.54, 1.807) is 11.1 Å². The number of hydrogen-bond donors (Lipinski definition) is 2. The molecule has 0 aromatic rings. The zero-order valence-corrected chi connectivity index (χ0v) is 14.2. The summed E-state index contributed by atoms with van der Waals surface area (Å²) in [5, 5.41) is 20.6. The van der Waals surface area contributed by atoms with Gasteiger partial charge in [0.05, 0.1) is 12.2 Å². The van der Waals surface area contributed by atoms with E-state index in [1.807, 2.05) is 0 Å². The zero-order valence-electron chi connectivity index (χ0n) is 14.2. The summed E-state index contributed by atoms with van der Waals surface area (Å²) < 4.78 is 0. The summed E-state index contributed by atoms with van der Waals surface area (Å²) in [5.74, 6) is 3.08. The average molecular weight is 304 g/mol. The largest absolute Gasteiger partial charge is 0.393 e. The molecule has 0 heterocycles. The first-order valence-corrected chi connectivity index (χ1v) is 9.61. The molecule has 124 valence electrons. The van der Waals surface area contributed by atoms with Crippen LogP contribution in [0.5, 0.6) is 0 Å². The summed E-state index contributed by atoms with van der Waals surface area (Å²) in [6.45, 7) is 4.72. The van der Waals surface area contributed by atoms with Crippen LogP contribution >= 0.6 is 0 Å². The SMILES string of the molecule is CC[C@@H]1CC2=C(CC[C@H](O)C2)[C@H]2CC[C@]3(C)[C@@H](O)CC[C@H]3[C@H]12. The quantitative estimate of drug-likeness (QED) is 0.717. The lowest BCUT2D eigenvalue weighted by molar-refractivity contribution is -0.0504. The van der Waals surface area contributed by atoms with Gasteiger partial charge in [0.2, 0.25) is 0 Å². The van der Waals surface area contributed by atoms with Gasteiger partial charge in [-0.2, -0.15) is 0 Å². The van der Waals surface area contributed by atoms with Crippen molar-refractivity contribution in [2.75, 3.05) is 0 Å². The van der Waals surface area contributed by atoms with Crippen LogP contribution < -0.4 is 0 Å². The molecule has 7 atom stereocenters. The summed E-state index contributed by atoms with van der Waals surface area (Å²) >= 11 is 0. The molecule has 22 heavy (non-hydrogen) atoms.